The Morgan fingerprint density at radius 1 is 1.17 bits per heavy atom. The zero-order chi connectivity index (χ0) is 21.5. The van der Waals surface area contributed by atoms with Crippen molar-refractivity contribution in [2.75, 3.05) is 36.1 Å². The molecule has 0 N–H and O–H groups in total. The van der Waals surface area contributed by atoms with Gasteiger partial charge in [-0.15, -0.1) is 0 Å². The Bertz CT molecular complexity index is 970. The van der Waals surface area contributed by atoms with E-state index >= 15 is 0 Å². The smallest absolute Gasteiger partial charge is 0.420 e. The highest BCUT2D eigenvalue weighted by molar-refractivity contribution is 9.10. The van der Waals surface area contributed by atoms with Crippen LogP contribution in [0.2, 0.25) is 0 Å². The van der Waals surface area contributed by atoms with Gasteiger partial charge in [-0.1, -0.05) is 15.9 Å². The fourth-order valence-corrected chi connectivity index (χ4v) is 4.14. The molecule has 2 aliphatic rings. The highest BCUT2D eigenvalue weighted by atomic mass is 79.9. The first-order chi connectivity index (χ1) is 14.2. The summed E-state index contributed by atoms with van der Waals surface area (Å²) in [5.41, 5.74) is 1.58. The number of ether oxygens (including phenoxy) is 3. The molecule has 0 saturated carbocycles. The van der Waals surface area contributed by atoms with Crippen molar-refractivity contribution in [3.05, 3.63) is 34.1 Å². The van der Waals surface area contributed by atoms with Gasteiger partial charge in [0.1, 0.15) is 30.1 Å². The maximum Gasteiger partial charge on any atom is 0.420 e. The molecule has 1 aromatic heterocycles. The molecule has 0 unspecified atom stereocenters. The van der Waals surface area contributed by atoms with E-state index in [1.165, 1.54) is 11.2 Å². The van der Waals surface area contributed by atoms with Crippen LogP contribution in [0.4, 0.5) is 22.1 Å². The number of aryl methyl sites for hydroxylation is 1. The summed E-state index contributed by atoms with van der Waals surface area (Å²) in [4.78, 5) is 26.0. The maximum atomic E-state index is 13.3. The lowest BCUT2D eigenvalue weighted by molar-refractivity contribution is 0.0598. The number of carbonyl (C=O) groups excluding carboxylic acids is 1. The summed E-state index contributed by atoms with van der Waals surface area (Å²) in [5, 5.41) is 0. The minimum Gasteiger partial charge on any atom is -0.486 e. The van der Waals surface area contributed by atoms with Gasteiger partial charge in [0.15, 0.2) is 5.82 Å². The SMILES string of the molecule is Cc1cc(Br)cc2c1OCc1c(N3CCOCC3)ncnc1N2C(=O)OC(C)(C)C. The molecular formula is C21H25BrN4O4. The number of benzene rings is 1. The molecule has 0 spiro atoms. The van der Waals surface area contributed by atoms with E-state index in [0.29, 0.717) is 43.6 Å². The summed E-state index contributed by atoms with van der Waals surface area (Å²) in [5.74, 6) is 1.84. The van der Waals surface area contributed by atoms with Crippen molar-refractivity contribution in [1.82, 2.24) is 9.97 Å². The summed E-state index contributed by atoms with van der Waals surface area (Å²) >= 11 is 3.53. The van der Waals surface area contributed by atoms with E-state index in [9.17, 15) is 4.79 Å². The molecule has 1 amide bonds. The molecule has 4 rings (SSSR count). The van der Waals surface area contributed by atoms with Crippen LogP contribution in [0.25, 0.3) is 0 Å². The van der Waals surface area contributed by atoms with Gasteiger partial charge in [0.25, 0.3) is 0 Å². The van der Waals surface area contributed by atoms with Gasteiger partial charge in [-0.2, -0.15) is 0 Å². The Hall–Kier alpha value is -2.39. The Morgan fingerprint density at radius 3 is 2.57 bits per heavy atom. The molecule has 160 valence electrons. The van der Waals surface area contributed by atoms with Crippen LogP contribution in [-0.2, 0) is 16.1 Å². The molecule has 1 saturated heterocycles. The standard InChI is InChI=1S/C21H25BrN4O4/c1-13-9-14(22)10-16-17(13)29-11-15-18(25-5-7-28-8-6-25)23-12-24-19(15)26(16)20(27)30-21(2,3)4/h9-10,12H,5-8,11H2,1-4H3. The molecule has 8 nitrogen and oxygen atoms in total. The summed E-state index contributed by atoms with van der Waals surface area (Å²) in [6.07, 6.45) is 0.969. The van der Waals surface area contributed by atoms with E-state index in [0.717, 1.165) is 21.4 Å². The number of amides is 1. The number of morpholine rings is 1. The van der Waals surface area contributed by atoms with Crippen molar-refractivity contribution >= 4 is 39.3 Å². The zero-order valence-electron chi connectivity index (χ0n) is 17.6. The van der Waals surface area contributed by atoms with Crippen LogP contribution in [0.3, 0.4) is 0 Å². The highest BCUT2D eigenvalue weighted by Crippen LogP contribution is 2.44. The van der Waals surface area contributed by atoms with E-state index in [1.54, 1.807) is 0 Å². The third-order valence-electron chi connectivity index (χ3n) is 4.82. The quantitative estimate of drug-likeness (QED) is 0.605. The van der Waals surface area contributed by atoms with E-state index in [-0.39, 0.29) is 6.61 Å². The van der Waals surface area contributed by atoms with Gasteiger partial charge < -0.3 is 19.1 Å². The van der Waals surface area contributed by atoms with E-state index in [4.69, 9.17) is 14.2 Å². The zero-order valence-corrected chi connectivity index (χ0v) is 19.2. The van der Waals surface area contributed by atoms with Gasteiger partial charge in [0, 0.05) is 17.6 Å². The second-order valence-electron chi connectivity index (χ2n) is 8.27. The number of nitrogens with zero attached hydrogens (tertiary/aromatic N) is 4. The number of hydrogen-bond donors (Lipinski definition) is 0. The number of aromatic nitrogens is 2. The average molecular weight is 477 g/mol. The Balaban J connectivity index is 1.88. The first-order valence-corrected chi connectivity index (χ1v) is 10.7. The molecule has 30 heavy (non-hydrogen) atoms. The van der Waals surface area contributed by atoms with E-state index in [2.05, 4.69) is 30.8 Å². The molecule has 0 aliphatic carbocycles. The molecule has 2 aliphatic heterocycles. The molecule has 9 heteroatoms. The van der Waals surface area contributed by atoms with Crippen molar-refractivity contribution in [1.29, 1.82) is 0 Å². The molecule has 0 atom stereocenters. The topological polar surface area (TPSA) is 77.0 Å². The molecule has 1 fully saturated rings. The molecule has 0 radical (unpaired) electrons. The predicted octanol–water partition coefficient (Wildman–Crippen LogP) is 4.35. The minimum atomic E-state index is -0.661. The van der Waals surface area contributed by atoms with Crippen molar-refractivity contribution in [2.24, 2.45) is 0 Å². The molecule has 3 heterocycles. The monoisotopic (exact) mass is 476 g/mol. The van der Waals surface area contributed by atoms with Crippen LogP contribution in [0.15, 0.2) is 22.9 Å². The fourth-order valence-electron chi connectivity index (χ4n) is 3.58. The van der Waals surface area contributed by atoms with Gasteiger partial charge in [-0.05, 0) is 45.4 Å². The Labute approximate surface area is 184 Å². The van der Waals surface area contributed by atoms with Crippen LogP contribution >= 0.6 is 15.9 Å². The third kappa shape index (κ3) is 4.09. The second-order valence-corrected chi connectivity index (χ2v) is 9.19. The van der Waals surface area contributed by atoms with Crippen LogP contribution in [0, 0.1) is 6.92 Å². The van der Waals surface area contributed by atoms with Gasteiger partial charge in [0.2, 0.25) is 0 Å². The lowest BCUT2D eigenvalue weighted by Gasteiger charge is -2.31. The molecule has 1 aromatic carbocycles. The normalized spacial score (nSPS) is 16.3. The summed E-state index contributed by atoms with van der Waals surface area (Å²) in [6, 6.07) is 3.80. The molecule has 2 aromatic rings. The van der Waals surface area contributed by atoms with Crippen molar-refractivity contribution < 1.29 is 19.0 Å². The summed E-state index contributed by atoms with van der Waals surface area (Å²) < 4.78 is 18.2. The van der Waals surface area contributed by atoms with Crippen molar-refractivity contribution in [2.45, 2.75) is 39.9 Å². The fraction of sp³-hybridized carbons (Fsp3) is 0.476. The third-order valence-corrected chi connectivity index (χ3v) is 5.28. The number of rotatable bonds is 1. The highest BCUT2D eigenvalue weighted by Gasteiger charge is 2.35. The number of hydrogen-bond acceptors (Lipinski definition) is 7. The van der Waals surface area contributed by atoms with Crippen LogP contribution in [0.5, 0.6) is 5.75 Å². The average Bonchev–Trinajstić information content (AvgIpc) is 2.84. The predicted molar refractivity (Wildman–Crippen MR) is 117 cm³/mol. The van der Waals surface area contributed by atoms with Gasteiger partial charge >= 0.3 is 6.09 Å². The Kier molecular flexibility index (Phi) is 5.59. The van der Waals surface area contributed by atoms with Crippen molar-refractivity contribution in [3.63, 3.8) is 0 Å². The summed E-state index contributed by atoms with van der Waals surface area (Å²) in [7, 11) is 0. The van der Waals surface area contributed by atoms with Crippen molar-refractivity contribution in [3.8, 4) is 5.75 Å². The van der Waals surface area contributed by atoms with Gasteiger partial charge in [0.05, 0.1) is 24.5 Å². The van der Waals surface area contributed by atoms with Crippen LogP contribution < -0.4 is 14.5 Å². The van der Waals surface area contributed by atoms with Gasteiger partial charge in [-0.25, -0.2) is 19.7 Å². The number of fused-ring (bicyclic) bond motifs is 2. The number of carbonyl (C=O) groups is 1. The second kappa shape index (κ2) is 8.03. The Morgan fingerprint density at radius 2 is 1.87 bits per heavy atom. The van der Waals surface area contributed by atoms with Crippen LogP contribution in [0.1, 0.15) is 31.9 Å². The molecule has 0 bridgehead atoms. The largest absolute Gasteiger partial charge is 0.486 e. The van der Waals surface area contributed by atoms with E-state index < -0.39 is 11.7 Å². The number of halogens is 1. The minimum absolute atomic E-state index is 0.248. The summed E-state index contributed by atoms with van der Waals surface area (Å²) in [6.45, 7) is 10.4. The van der Waals surface area contributed by atoms with E-state index in [1.807, 2.05) is 39.8 Å². The lowest BCUT2D eigenvalue weighted by atomic mass is 10.1. The maximum absolute atomic E-state index is 13.3. The van der Waals surface area contributed by atoms with Crippen LogP contribution in [-0.4, -0.2) is 48.0 Å². The first kappa shape index (κ1) is 20.9. The van der Waals surface area contributed by atoms with Gasteiger partial charge in [-0.3, -0.25) is 0 Å². The first-order valence-electron chi connectivity index (χ1n) is 9.87. The number of anilines is 3. The lowest BCUT2D eigenvalue weighted by Crippen LogP contribution is -2.38. The molecular weight excluding hydrogens is 452 g/mol.